The van der Waals surface area contributed by atoms with Crippen LogP contribution in [0, 0.1) is 0 Å². The molecule has 0 heterocycles. The fourth-order valence-corrected chi connectivity index (χ4v) is 3.05. The van der Waals surface area contributed by atoms with Crippen molar-refractivity contribution in [1.82, 2.24) is 4.83 Å². The van der Waals surface area contributed by atoms with Crippen LogP contribution in [0.1, 0.15) is 31.4 Å². The van der Waals surface area contributed by atoms with Crippen molar-refractivity contribution in [1.29, 1.82) is 0 Å². The Balaban J connectivity index is 2.11. The number of aromatic hydroxyl groups is 1. The quantitative estimate of drug-likeness (QED) is 0.558. The van der Waals surface area contributed by atoms with Gasteiger partial charge in [-0.05, 0) is 43.2 Å². The molecular weight excluding hydrogens is 340 g/mol. The Bertz CT molecular complexity index is 831. The van der Waals surface area contributed by atoms with Crippen LogP contribution >= 0.6 is 0 Å². The number of nitrogens with one attached hydrogen (secondary N) is 1. The molecule has 0 atom stereocenters. The van der Waals surface area contributed by atoms with Crippen LogP contribution in [0.4, 0.5) is 0 Å². The molecule has 0 aromatic heterocycles. The molecule has 0 aliphatic carbocycles. The Hall–Kier alpha value is -2.54. The van der Waals surface area contributed by atoms with Crippen LogP contribution in [0.5, 0.6) is 11.5 Å². The van der Waals surface area contributed by atoms with Crippen LogP contribution in [-0.4, -0.2) is 26.3 Å². The van der Waals surface area contributed by atoms with Crippen LogP contribution in [0.25, 0.3) is 0 Å². The van der Waals surface area contributed by atoms with Gasteiger partial charge in [0.1, 0.15) is 0 Å². The maximum absolute atomic E-state index is 12.2. The van der Waals surface area contributed by atoms with E-state index in [9.17, 15) is 13.5 Å². The van der Waals surface area contributed by atoms with E-state index in [1.54, 1.807) is 49.4 Å². The average molecular weight is 362 g/mol. The SMILES string of the molecule is CCCc1ccc(S(=O)(=O)N/N=C/c2cccc(OCC)c2O)cc1. The van der Waals surface area contributed by atoms with E-state index < -0.39 is 10.0 Å². The highest BCUT2D eigenvalue weighted by Gasteiger charge is 2.12. The number of hydrazone groups is 1. The molecule has 0 amide bonds. The predicted molar refractivity (Wildman–Crippen MR) is 97.6 cm³/mol. The summed E-state index contributed by atoms with van der Waals surface area (Å²) in [6, 6.07) is 11.6. The van der Waals surface area contributed by atoms with Crippen molar-refractivity contribution in [2.45, 2.75) is 31.6 Å². The number of ether oxygens (including phenoxy) is 1. The number of hydrogen-bond acceptors (Lipinski definition) is 5. The minimum absolute atomic E-state index is 0.0868. The van der Waals surface area contributed by atoms with Crippen LogP contribution in [0.3, 0.4) is 0 Å². The summed E-state index contributed by atoms with van der Waals surface area (Å²) in [7, 11) is -3.76. The molecular formula is C18H22N2O4S. The van der Waals surface area contributed by atoms with Gasteiger partial charge >= 0.3 is 0 Å². The molecule has 2 aromatic rings. The number of hydrogen-bond donors (Lipinski definition) is 2. The van der Waals surface area contributed by atoms with Crippen molar-refractivity contribution < 1.29 is 18.3 Å². The van der Waals surface area contributed by atoms with Gasteiger partial charge < -0.3 is 9.84 Å². The monoisotopic (exact) mass is 362 g/mol. The molecule has 134 valence electrons. The first kappa shape index (κ1) is 18.8. The van der Waals surface area contributed by atoms with Crippen LogP contribution in [0.15, 0.2) is 52.5 Å². The third kappa shape index (κ3) is 4.96. The molecule has 0 unspecified atom stereocenters. The van der Waals surface area contributed by atoms with E-state index in [1.165, 1.54) is 6.21 Å². The zero-order chi connectivity index (χ0) is 18.3. The summed E-state index contributed by atoms with van der Waals surface area (Å²) in [5.74, 6) is 0.233. The summed E-state index contributed by atoms with van der Waals surface area (Å²) in [4.78, 5) is 2.28. The highest BCUT2D eigenvalue weighted by atomic mass is 32.2. The third-order valence-electron chi connectivity index (χ3n) is 3.48. The van der Waals surface area contributed by atoms with Crippen molar-refractivity contribution in [2.75, 3.05) is 6.61 Å². The number of rotatable bonds is 8. The Labute approximate surface area is 148 Å². The summed E-state index contributed by atoms with van der Waals surface area (Å²) in [5, 5.41) is 13.8. The maximum Gasteiger partial charge on any atom is 0.276 e. The lowest BCUT2D eigenvalue weighted by Gasteiger charge is -2.07. The van der Waals surface area contributed by atoms with E-state index in [4.69, 9.17) is 4.74 Å². The molecule has 6 nitrogen and oxygen atoms in total. The van der Waals surface area contributed by atoms with Gasteiger partial charge in [0.25, 0.3) is 10.0 Å². The Morgan fingerprint density at radius 1 is 1.16 bits per heavy atom. The van der Waals surface area contributed by atoms with E-state index in [1.807, 2.05) is 0 Å². The summed E-state index contributed by atoms with van der Waals surface area (Å²) < 4.78 is 29.7. The molecule has 0 saturated heterocycles. The van der Waals surface area contributed by atoms with E-state index >= 15 is 0 Å². The van der Waals surface area contributed by atoms with E-state index in [0.717, 1.165) is 18.4 Å². The molecule has 0 radical (unpaired) electrons. The Morgan fingerprint density at radius 3 is 2.52 bits per heavy atom. The molecule has 7 heteroatoms. The average Bonchev–Trinajstić information content (AvgIpc) is 2.59. The number of benzene rings is 2. The third-order valence-corrected chi connectivity index (χ3v) is 4.72. The first-order chi connectivity index (χ1) is 12.0. The molecule has 2 aromatic carbocycles. The standard InChI is InChI=1S/C18H22N2O4S/c1-3-6-14-9-11-16(12-10-14)25(22,23)20-19-13-15-7-5-8-17(18(15)21)24-4-2/h5,7-13,20-21H,3-4,6H2,1-2H3/b19-13+. The molecule has 2 N–H and O–H groups in total. The lowest BCUT2D eigenvalue weighted by atomic mass is 10.1. The van der Waals surface area contributed by atoms with Crippen molar-refractivity contribution in [3.05, 3.63) is 53.6 Å². The van der Waals surface area contributed by atoms with Gasteiger partial charge in [0, 0.05) is 5.56 Å². The number of phenolic OH excluding ortho intramolecular Hbond substituents is 1. The highest BCUT2D eigenvalue weighted by molar-refractivity contribution is 7.89. The van der Waals surface area contributed by atoms with Crippen LogP contribution < -0.4 is 9.57 Å². The molecule has 0 spiro atoms. The number of phenols is 1. The van der Waals surface area contributed by atoms with Gasteiger partial charge in [-0.2, -0.15) is 13.5 Å². The fourth-order valence-electron chi connectivity index (χ4n) is 2.26. The van der Waals surface area contributed by atoms with Gasteiger partial charge in [-0.15, -0.1) is 0 Å². The number of nitrogens with zero attached hydrogens (tertiary/aromatic N) is 1. The molecule has 0 bridgehead atoms. The van der Waals surface area contributed by atoms with Crippen molar-refractivity contribution in [3.63, 3.8) is 0 Å². The highest BCUT2D eigenvalue weighted by Crippen LogP contribution is 2.28. The van der Waals surface area contributed by atoms with Gasteiger partial charge in [-0.3, -0.25) is 0 Å². The summed E-state index contributed by atoms with van der Waals surface area (Å²) in [6.07, 6.45) is 3.14. The fraction of sp³-hybridized carbons (Fsp3) is 0.278. The maximum atomic E-state index is 12.2. The first-order valence-corrected chi connectivity index (χ1v) is 9.54. The second-order valence-corrected chi connectivity index (χ2v) is 7.03. The van der Waals surface area contributed by atoms with E-state index in [0.29, 0.717) is 17.9 Å². The van der Waals surface area contributed by atoms with Crippen molar-refractivity contribution in [3.8, 4) is 11.5 Å². The van der Waals surface area contributed by atoms with E-state index in [2.05, 4.69) is 16.9 Å². The molecule has 0 aliphatic heterocycles. The van der Waals surface area contributed by atoms with Gasteiger partial charge in [0.15, 0.2) is 11.5 Å². The second-order valence-electron chi connectivity index (χ2n) is 5.37. The molecule has 2 rings (SSSR count). The van der Waals surface area contributed by atoms with Crippen LogP contribution in [0.2, 0.25) is 0 Å². The van der Waals surface area contributed by atoms with Crippen molar-refractivity contribution >= 4 is 16.2 Å². The molecule has 0 aliphatic rings. The Morgan fingerprint density at radius 2 is 1.88 bits per heavy atom. The van der Waals surface area contributed by atoms with E-state index in [-0.39, 0.29) is 10.6 Å². The zero-order valence-electron chi connectivity index (χ0n) is 14.3. The minimum atomic E-state index is -3.76. The number of sulfonamides is 1. The zero-order valence-corrected chi connectivity index (χ0v) is 15.1. The van der Waals surface area contributed by atoms with Gasteiger partial charge in [0.2, 0.25) is 0 Å². The summed E-state index contributed by atoms with van der Waals surface area (Å²) >= 11 is 0. The first-order valence-electron chi connectivity index (χ1n) is 8.06. The Kier molecular flexibility index (Phi) is 6.41. The molecule has 25 heavy (non-hydrogen) atoms. The smallest absolute Gasteiger partial charge is 0.276 e. The van der Waals surface area contributed by atoms with Gasteiger partial charge in [-0.25, -0.2) is 4.83 Å². The number of para-hydroxylation sites is 1. The summed E-state index contributed by atoms with van der Waals surface area (Å²) in [5.41, 5.74) is 1.44. The summed E-state index contributed by atoms with van der Waals surface area (Å²) in [6.45, 7) is 4.28. The van der Waals surface area contributed by atoms with Gasteiger partial charge in [0.05, 0.1) is 17.7 Å². The largest absolute Gasteiger partial charge is 0.504 e. The second kappa shape index (κ2) is 8.53. The molecule has 0 saturated carbocycles. The van der Waals surface area contributed by atoms with Crippen molar-refractivity contribution in [2.24, 2.45) is 5.10 Å². The minimum Gasteiger partial charge on any atom is -0.504 e. The number of aryl methyl sites for hydroxylation is 1. The molecule has 0 fully saturated rings. The van der Waals surface area contributed by atoms with Gasteiger partial charge in [-0.1, -0.05) is 31.5 Å². The lowest BCUT2D eigenvalue weighted by Crippen LogP contribution is -2.18. The predicted octanol–water partition coefficient (Wildman–Crippen LogP) is 3.06. The lowest BCUT2D eigenvalue weighted by molar-refractivity contribution is 0.318. The normalized spacial score (nSPS) is 11.6. The topological polar surface area (TPSA) is 88.0 Å². The van der Waals surface area contributed by atoms with Crippen LogP contribution in [-0.2, 0) is 16.4 Å².